The van der Waals surface area contributed by atoms with Gasteiger partial charge in [-0.25, -0.2) is 4.98 Å². The molecule has 0 bridgehead atoms. The van der Waals surface area contributed by atoms with Gasteiger partial charge in [-0.15, -0.1) is 11.3 Å². The number of fused-ring (bicyclic) bond motifs is 1. The average Bonchev–Trinajstić information content (AvgIpc) is 2.93. The van der Waals surface area contributed by atoms with Crippen molar-refractivity contribution in [3.8, 4) is 0 Å². The number of hydrogen-bond donors (Lipinski definition) is 0. The SMILES string of the molecule is Cc1csc(C(C)n2c(C)cc3c2CCCC3=O)n1. The van der Waals surface area contributed by atoms with Crippen molar-refractivity contribution in [3.05, 3.63) is 39.1 Å². The molecule has 3 rings (SSSR count). The van der Waals surface area contributed by atoms with Crippen molar-refractivity contribution >= 4 is 17.1 Å². The van der Waals surface area contributed by atoms with E-state index in [1.54, 1.807) is 11.3 Å². The third kappa shape index (κ3) is 2.04. The summed E-state index contributed by atoms with van der Waals surface area (Å²) in [5.74, 6) is 0.297. The highest BCUT2D eigenvalue weighted by Gasteiger charge is 2.25. The predicted molar refractivity (Wildman–Crippen MR) is 77.1 cm³/mol. The standard InChI is InChI=1S/C15H18N2OS/c1-9-8-19-15(16-9)11(3)17-10(2)7-12-13(17)5-4-6-14(12)18/h7-8,11H,4-6H2,1-3H3. The number of aromatic nitrogens is 2. The summed E-state index contributed by atoms with van der Waals surface area (Å²) in [5, 5.41) is 3.21. The van der Waals surface area contributed by atoms with Gasteiger partial charge in [0.05, 0.1) is 6.04 Å². The topological polar surface area (TPSA) is 34.9 Å². The number of rotatable bonds is 2. The van der Waals surface area contributed by atoms with Gasteiger partial charge in [-0.3, -0.25) is 4.79 Å². The smallest absolute Gasteiger partial charge is 0.164 e. The lowest BCUT2D eigenvalue weighted by atomic mass is 9.96. The molecule has 2 aromatic rings. The van der Waals surface area contributed by atoms with E-state index < -0.39 is 0 Å². The normalized spacial score (nSPS) is 16.5. The molecule has 1 atom stereocenters. The highest BCUT2D eigenvalue weighted by Crippen LogP contribution is 2.31. The van der Waals surface area contributed by atoms with Crippen LogP contribution in [0.5, 0.6) is 0 Å². The van der Waals surface area contributed by atoms with Gasteiger partial charge in [-0.1, -0.05) is 0 Å². The highest BCUT2D eigenvalue weighted by atomic mass is 32.1. The molecule has 0 spiro atoms. The summed E-state index contributed by atoms with van der Waals surface area (Å²) < 4.78 is 2.30. The molecule has 3 nitrogen and oxygen atoms in total. The second-order valence-corrected chi connectivity index (χ2v) is 6.19. The van der Waals surface area contributed by atoms with Crippen molar-refractivity contribution in [3.63, 3.8) is 0 Å². The van der Waals surface area contributed by atoms with Crippen LogP contribution < -0.4 is 0 Å². The van der Waals surface area contributed by atoms with Gasteiger partial charge < -0.3 is 4.57 Å². The third-order valence-electron chi connectivity index (χ3n) is 3.83. The van der Waals surface area contributed by atoms with Crippen LogP contribution >= 0.6 is 11.3 Å². The van der Waals surface area contributed by atoms with Crippen LogP contribution in [0.2, 0.25) is 0 Å². The maximum Gasteiger partial charge on any atom is 0.164 e. The largest absolute Gasteiger partial charge is 0.339 e. The number of Topliss-reactive ketones (excluding diaryl/α,β-unsaturated/α-hetero) is 1. The monoisotopic (exact) mass is 274 g/mol. The fourth-order valence-corrected chi connectivity index (χ4v) is 3.81. The molecule has 0 radical (unpaired) electrons. The Kier molecular flexibility index (Phi) is 3.05. The zero-order chi connectivity index (χ0) is 13.6. The van der Waals surface area contributed by atoms with Crippen molar-refractivity contribution < 1.29 is 4.79 Å². The lowest BCUT2D eigenvalue weighted by Gasteiger charge is -2.20. The fourth-order valence-electron chi connectivity index (χ4n) is 2.97. The van der Waals surface area contributed by atoms with Gasteiger partial charge in [0.25, 0.3) is 0 Å². The Labute approximate surface area is 117 Å². The summed E-state index contributed by atoms with van der Waals surface area (Å²) in [6.07, 6.45) is 2.67. The first kappa shape index (κ1) is 12.6. The average molecular weight is 274 g/mol. The number of carbonyl (C=O) groups is 1. The highest BCUT2D eigenvalue weighted by molar-refractivity contribution is 7.09. The molecule has 4 heteroatoms. The minimum Gasteiger partial charge on any atom is -0.339 e. The number of thiazole rings is 1. The molecule has 19 heavy (non-hydrogen) atoms. The zero-order valence-electron chi connectivity index (χ0n) is 11.6. The quantitative estimate of drug-likeness (QED) is 0.837. The van der Waals surface area contributed by atoms with Crippen LogP contribution in [-0.4, -0.2) is 15.3 Å². The number of hydrogen-bond acceptors (Lipinski definition) is 3. The molecule has 1 aliphatic carbocycles. The minimum absolute atomic E-state index is 0.216. The first-order valence-corrected chi connectivity index (χ1v) is 7.62. The molecule has 1 aliphatic rings. The number of aryl methyl sites for hydroxylation is 2. The summed E-state index contributed by atoms with van der Waals surface area (Å²) in [6, 6.07) is 2.27. The van der Waals surface area contributed by atoms with Crippen LogP contribution in [0.1, 0.15) is 58.3 Å². The van der Waals surface area contributed by atoms with E-state index in [9.17, 15) is 4.79 Å². The van der Waals surface area contributed by atoms with Crippen LogP contribution in [0.25, 0.3) is 0 Å². The molecular weight excluding hydrogens is 256 g/mol. The van der Waals surface area contributed by atoms with Gasteiger partial charge in [0.1, 0.15) is 5.01 Å². The molecule has 2 heterocycles. The van der Waals surface area contributed by atoms with Crippen molar-refractivity contribution in [2.45, 2.75) is 46.1 Å². The van der Waals surface area contributed by atoms with Crippen molar-refractivity contribution in [2.75, 3.05) is 0 Å². The molecule has 2 aromatic heterocycles. The maximum atomic E-state index is 12.0. The first-order valence-electron chi connectivity index (χ1n) is 6.74. The van der Waals surface area contributed by atoms with Crippen LogP contribution in [-0.2, 0) is 6.42 Å². The molecular formula is C15H18N2OS. The van der Waals surface area contributed by atoms with Gasteiger partial charge >= 0.3 is 0 Å². The Bertz CT molecular complexity index is 639. The Balaban J connectivity index is 2.08. The lowest BCUT2D eigenvalue weighted by Crippen LogP contribution is -2.16. The minimum atomic E-state index is 0.216. The molecule has 0 aromatic carbocycles. The van der Waals surface area contributed by atoms with Gasteiger partial charge in [0, 0.05) is 34.4 Å². The maximum absolute atomic E-state index is 12.0. The summed E-state index contributed by atoms with van der Waals surface area (Å²) in [6.45, 7) is 6.28. The van der Waals surface area contributed by atoms with Crippen LogP contribution in [0.3, 0.4) is 0 Å². The van der Waals surface area contributed by atoms with Crippen molar-refractivity contribution in [2.24, 2.45) is 0 Å². The van der Waals surface area contributed by atoms with Crippen LogP contribution in [0, 0.1) is 13.8 Å². The molecule has 0 saturated carbocycles. The molecule has 0 amide bonds. The second kappa shape index (κ2) is 4.60. The van der Waals surface area contributed by atoms with Crippen molar-refractivity contribution in [1.29, 1.82) is 0 Å². The second-order valence-electron chi connectivity index (χ2n) is 5.30. The van der Waals surface area contributed by atoms with Crippen molar-refractivity contribution in [1.82, 2.24) is 9.55 Å². The lowest BCUT2D eigenvalue weighted by molar-refractivity contribution is 0.0971. The van der Waals surface area contributed by atoms with E-state index in [4.69, 9.17) is 0 Å². The van der Waals surface area contributed by atoms with Crippen LogP contribution in [0.4, 0.5) is 0 Å². The summed E-state index contributed by atoms with van der Waals surface area (Å²) >= 11 is 1.70. The Morgan fingerprint density at radius 2 is 2.16 bits per heavy atom. The Hall–Kier alpha value is -1.42. The fraction of sp³-hybridized carbons (Fsp3) is 0.467. The van der Waals surface area contributed by atoms with E-state index in [-0.39, 0.29) is 6.04 Å². The summed E-state index contributed by atoms with van der Waals surface area (Å²) in [4.78, 5) is 16.6. The van der Waals surface area contributed by atoms with Gasteiger partial charge in [0.15, 0.2) is 5.78 Å². The number of ketones is 1. The van der Waals surface area contributed by atoms with E-state index in [1.165, 1.54) is 11.4 Å². The third-order valence-corrected chi connectivity index (χ3v) is 4.97. The molecule has 0 fully saturated rings. The molecule has 0 N–H and O–H groups in total. The van der Waals surface area contributed by atoms with E-state index in [0.29, 0.717) is 12.2 Å². The summed E-state index contributed by atoms with van der Waals surface area (Å²) in [7, 11) is 0. The predicted octanol–water partition coefficient (Wildman–Crippen LogP) is 3.69. The van der Waals surface area contributed by atoms with E-state index >= 15 is 0 Å². The van der Waals surface area contributed by atoms with Gasteiger partial charge in [0.2, 0.25) is 0 Å². The molecule has 0 saturated heterocycles. The van der Waals surface area contributed by atoms with Gasteiger partial charge in [-0.05, 0) is 39.7 Å². The molecule has 0 aliphatic heterocycles. The zero-order valence-corrected chi connectivity index (χ0v) is 12.4. The first-order chi connectivity index (χ1) is 9.08. The summed E-state index contributed by atoms with van der Waals surface area (Å²) in [5.41, 5.74) is 4.38. The van der Waals surface area contributed by atoms with E-state index in [0.717, 1.165) is 29.1 Å². The van der Waals surface area contributed by atoms with Gasteiger partial charge in [-0.2, -0.15) is 0 Å². The van der Waals surface area contributed by atoms with E-state index in [1.807, 2.05) is 13.0 Å². The number of nitrogens with zero attached hydrogens (tertiary/aromatic N) is 2. The Morgan fingerprint density at radius 3 is 2.84 bits per heavy atom. The van der Waals surface area contributed by atoms with Crippen LogP contribution in [0.15, 0.2) is 11.4 Å². The van der Waals surface area contributed by atoms with E-state index in [2.05, 4.69) is 28.8 Å². The number of carbonyl (C=O) groups excluding carboxylic acids is 1. The molecule has 1 unspecified atom stereocenters. The molecule has 100 valence electrons. The Morgan fingerprint density at radius 1 is 1.37 bits per heavy atom.